The summed E-state index contributed by atoms with van der Waals surface area (Å²) in [6, 6.07) is 56.8. The molecule has 4 aromatic heterocycles. The number of furan rings is 1. The van der Waals surface area contributed by atoms with E-state index in [-0.39, 0.29) is 31.9 Å². The number of imidazole rings is 1. The molecular formula is C59H56GeIrN4O-2. The smallest absolute Gasteiger partial charge is 0 e. The number of benzene rings is 6. The summed E-state index contributed by atoms with van der Waals surface area (Å²) in [6.45, 7) is 13.0. The molecular weight excluding hydrogens is 1050 g/mol. The van der Waals surface area contributed by atoms with Crippen LogP contribution in [0.2, 0.25) is 17.3 Å². The van der Waals surface area contributed by atoms with Crippen molar-refractivity contribution in [3.05, 3.63) is 187 Å². The van der Waals surface area contributed by atoms with Gasteiger partial charge in [-0.3, -0.25) is 4.98 Å². The predicted octanol–water partition coefficient (Wildman–Crippen LogP) is 15.6. The zero-order chi connectivity index (χ0) is 46.3. The van der Waals surface area contributed by atoms with Gasteiger partial charge < -0.3 is 8.98 Å². The Morgan fingerprint density at radius 3 is 1.86 bits per heavy atom. The van der Waals surface area contributed by atoms with Crippen molar-refractivity contribution in [2.45, 2.75) is 76.5 Å². The van der Waals surface area contributed by atoms with Gasteiger partial charge in [0.05, 0.1) is 16.9 Å². The number of hydrogen-bond donors (Lipinski definition) is 0. The summed E-state index contributed by atoms with van der Waals surface area (Å²) >= 11 is -2.03. The van der Waals surface area contributed by atoms with Gasteiger partial charge >= 0.3 is 120 Å². The molecule has 1 radical (unpaired) electrons. The van der Waals surface area contributed by atoms with E-state index in [1.807, 2.05) is 74.8 Å². The maximum absolute atomic E-state index is 8.44. The van der Waals surface area contributed by atoms with Gasteiger partial charge in [0.1, 0.15) is 5.58 Å². The first-order chi connectivity index (χ1) is 31.7. The van der Waals surface area contributed by atoms with Crippen molar-refractivity contribution >= 4 is 50.8 Å². The molecule has 4 heterocycles. The zero-order valence-corrected chi connectivity index (χ0v) is 43.7. The Bertz CT molecular complexity index is 3300. The number of rotatable bonds is 9. The summed E-state index contributed by atoms with van der Waals surface area (Å²) in [5.41, 5.74) is 15.3. The molecule has 5 nitrogen and oxygen atoms in total. The number of fused-ring (bicyclic) bond motifs is 4. The first-order valence-corrected chi connectivity index (χ1v) is 30.0. The van der Waals surface area contributed by atoms with Gasteiger partial charge in [0, 0.05) is 42.9 Å². The van der Waals surface area contributed by atoms with Crippen LogP contribution in [0.1, 0.15) is 77.3 Å². The average molecular weight is 1100 g/mol. The van der Waals surface area contributed by atoms with Crippen LogP contribution in [-0.2, 0) is 20.1 Å². The summed E-state index contributed by atoms with van der Waals surface area (Å²) in [7, 11) is 0. The van der Waals surface area contributed by atoms with Crippen LogP contribution in [-0.4, -0.2) is 32.8 Å². The second kappa shape index (κ2) is 19.5. The van der Waals surface area contributed by atoms with Gasteiger partial charge in [0.25, 0.3) is 0 Å². The minimum Gasteiger partial charge on any atom is 0 e. The molecule has 0 aliphatic rings. The molecule has 0 unspecified atom stereocenters. The molecule has 333 valence electrons. The van der Waals surface area contributed by atoms with E-state index in [1.165, 1.54) is 26.6 Å². The van der Waals surface area contributed by atoms with Crippen LogP contribution in [0.4, 0.5) is 0 Å². The van der Waals surface area contributed by atoms with Gasteiger partial charge in [-0.25, -0.2) is 4.98 Å². The Morgan fingerprint density at radius 1 is 0.606 bits per heavy atom. The zero-order valence-electron chi connectivity index (χ0n) is 40.2. The maximum atomic E-state index is 8.44. The van der Waals surface area contributed by atoms with E-state index in [4.69, 9.17) is 15.8 Å². The molecule has 0 amide bonds. The van der Waals surface area contributed by atoms with Crippen LogP contribution < -0.4 is 4.40 Å². The molecule has 66 heavy (non-hydrogen) atoms. The van der Waals surface area contributed by atoms with Crippen LogP contribution in [0.5, 0.6) is 0 Å². The quantitative estimate of drug-likeness (QED) is 0.107. The molecule has 0 aliphatic heterocycles. The molecule has 0 spiro atoms. The van der Waals surface area contributed by atoms with Crippen molar-refractivity contribution in [2.24, 2.45) is 0 Å². The van der Waals surface area contributed by atoms with Gasteiger partial charge in [0.2, 0.25) is 0 Å². The summed E-state index contributed by atoms with van der Waals surface area (Å²) in [5, 5.41) is 2.13. The van der Waals surface area contributed by atoms with E-state index in [0.29, 0.717) is 0 Å². The van der Waals surface area contributed by atoms with Gasteiger partial charge in [-0.15, -0.1) is 18.2 Å². The van der Waals surface area contributed by atoms with Crippen molar-refractivity contribution in [3.8, 4) is 50.6 Å². The van der Waals surface area contributed by atoms with E-state index < -0.39 is 19.2 Å². The van der Waals surface area contributed by atoms with E-state index >= 15 is 0 Å². The average Bonchev–Trinajstić information content (AvgIpc) is 3.90. The minimum absolute atomic E-state index is 0. The van der Waals surface area contributed by atoms with Crippen LogP contribution in [0, 0.1) is 12.1 Å². The predicted molar refractivity (Wildman–Crippen MR) is 275 cm³/mol. The fraction of sp³-hybridized carbons (Fsp3) is 0.203. The minimum atomic E-state index is -2.03. The maximum Gasteiger partial charge on any atom is 0 e. The van der Waals surface area contributed by atoms with Gasteiger partial charge in [-0.05, 0) is 63.9 Å². The topological polar surface area (TPSA) is 56.7 Å². The summed E-state index contributed by atoms with van der Waals surface area (Å²) in [6.07, 6.45) is 3.97. The Labute approximate surface area is 407 Å². The molecule has 0 fully saturated rings. The van der Waals surface area contributed by atoms with Gasteiger partial charge in [-0.2, -0.15) is 0 Å². The van der Waals surface area contributed by atoms with Crippen LogP contribution in [0.25, 0.3) is 83.7 Å². The molecule has 0 aliphatic carbocycles. The van der Waals surface area contributed by atoms with Crippen LogP contribution in [0.3, 0.4) is 0 Å². The Balaban J connectivity index is 0.000000244. The normalized spacial score (nSPS) is 12.1. The molecule has 0 saturated carbocycles. The van der Waals surface area contributed by atoms with Gasteiger partial charge in [-0.1, -0.05) is 118 Å². The third kappa shape index (κ3) is 9.24. The molecule has 10 aromatic rings. The summed E-state index contributed by atoms with van der Waals surface area (Å²) in [4.78, 5) is 15.1. The molecule has 7 heteroatoms. The van der Waals surface area contributed by atoms with E-state index in [2.05, 4.69) is 164 Å². The molecule has 6 aromatic carbocycles. The van der Waals surface area contributed by atoms with Crippen molar-refractivity contribution in [3.63, 3.8) is 0 Å². The van der Waals surface area contributed by atoms with E-state index in [1.54, 1.807) is 0 Å². The molecule has 0 bridgehead atoms. The summed E-state index contributed by atoms with van der Waals surface area (Å²) < 4.78 is 18.6. The monoisotopic (exact) mass is 1100 g/mol. The first-order valence-electron chi connectivity index (χ1n) is 23.2. The number of aromatic nitrogens is 4. The Hall–Kier alpha value is -5.92. The van der Waals surface area contributed by atoms with Gasteiger partial charge in [0.15, 0.2) is 5.65 Å². The van der Waals surface area contributed by atoms with Crippen LogP contribution in [0.15, 0.2) is 162 Å². The Morgan fingerprint density at radius 2 is 1.24 bits per heavy atom. The van der Waals surface area contributed by atoms with Crippen molar-refractivity contribution in [2.75, 3.05) is 0 Å². The molecule has 0 N–H and O–H groups in total. The van der Waals surface area contributed by atoms with Crippen molar-refractivity contribution in [1.82, 2.24) is 19.5 Å². The fourth-order valence-corrected chi connectivity index (χ4v) is 12.1. The largest absolute Gasteiger partial charge is 0 e. The first kappa shape index (κ1) is 45.2. The third-order valence-corrected chi connectivity index (χ3v) is 16.4. The standard InChI is InChI=1S/C42H34N3O.C17H22GeN.Ir/c1-26(2)35-22-30(28-14-7-5-8-15-28)23-36(27(3)4)39(35)45-41(34-20-13-19-33-32-18-11-12-21-38(32)46-40(33)34)44-37-24-31(25-43-42(37)45)29-16-9-6-10-17-29;1-13(2)15-11-17(14-9-7-6-8-10-14)19-12-16(15)18(3,4)5;/h5-19,21-27H,1-4H3;6-9,11-13H,1-5H3;/q2*-1;/i;13D;. The fourth-order valence-electron chi connectivity index (χ4n) is 8.77. The van der Waals surface area contributed by atoms with Crippen molar-refractivity contribution in [1.29, 1.82) is 0 Å². The molecule has 0 saturated heterocycles. The molecule has 10 rings (SSSR count). The van der Waals surface area contributed by atoms with Crippen LogP contribution >= 0.6 is 0 Å². The SMILES string of the molecule is CC(C)c1cc(-c2ccccc2)cc(C(C)C)c1-n1c(-c2[c-]ccc3c2oc2ccccc23)nc2cc(-c3ccccc3)cnc21.[2H]C(C)(C)c1cc(-c2[c-]cccc2)nc[c]1[Ge]([CH3])([CH3])[CH3].[Ir]. The number of para-hydroxylation sites is 1. The Kier molecular flexibility index (Phi) is 13.4. The third-order valence-electron chi connectivity index (χ3n) is 12.1. The number of hydrogen-bond acceptors (Lipinski definition) is 4. The van der Waals surface area contributed by atoms with Crippen molar-refractivity contribution < 1.29 is 25.9 Å². The molecule has 0 atom stereocenters. The second-order valence-electron chi connectivity index (χ2n) is 18.7. The van der Waals surface area contributed by atoms with E-state index in [0.717, 1.165) is 78.1 Å². The number of pyridine rings is 2. The summed E-state index contributed by atoms with van der Waals surface area (Å²) in [5.74, 6) is 7.71. The van der Waals surface area contributed by atoms with E-state index in [9.17, 15) is 0 Å². The number of nitrogens with zero attached hydrogens (tertiary/aromatic N) is 4. The second-order valence-corrected chi connectivity index (χ2v) is 29.3.